The van der Waals surface area contributed by atoms with Crippen LogP contribution in [0.2, 0.25) is 0 Å². The van der Waals surface area contributed by atoms with E-state index in [0.717, 1.165) is 55.7 Å². The zero-order valence-corrected chi connectivity index (χ0v) is 25.3. The number of nitrogens with zero attached hydrogens (tertiary/aromatic N) is 3. The molecular weight excluding hydrogens is 574 g/mol. The van der Waals surface area contributed by atoms with E-state index >= 15 is 0 Å². The van der Waals surface area contributed by atoms with Crippen molar-refractivity contribution in [2.75, 3.05) is 0 Å². The van der Waals surface area contributed by atoms with Crippen LogP contribution in [0.15, 0.2) is 164 Å². The largest absolute Gasteiger partial charge is 0.456 e. The average Bonchev–Trinajstić information content (AvgIpc) is 3.16. The zero-order valence-electron chi connectivity index (χ0n) is 25.3. The SMILES string of the molecule is c1ccc(-c2ccc(-c3nc(-c4ccccc4)nc(-c4ccc5c(c4)-c4cccc6c(-c7ccccc7)ccc(c46)O5)n3)cc2)cc1. The predicted octanol–water partition coefficient (Wildman–Crippen LogP) is 11.1. The van der Waals surface area contributed by atoms with Crippen molar-refractivity contribution in [2.24, 2.45) is 0 Å². The maximum Gasteiger partial charge on any atom is 0.164 e. The number of benzene rings is 7. The minimum Gasteiger partial charge on any atom is -0.456 e. The molecule has 0 saturated carbocycles. The first-order chi connectivity index (χ1) is 23.3. The van der Waals surface area contributed by atoms with Crippen LogP contribution in [0.25, 0.3) is 78.3 Å². The molecule has 9 rings (SSSR count). The standard InChI is InChI=1S/C43H27N3O/c1-4-11-28(12-5-1)29-19-21-32(22-20-29)42-44-41(31-15-8-3-9-16-31)45-43(46-42)33-23-25-38-37(27-33)36-18-10-17-35-34(30-13-6-2-7-14-30)24-26-39(47-38)40(35)36/h1-27H. The minimum absolute atomic E-state index is 0.611. The number of ether oxygens (including phenoxy) is 1. The van der Waals surface area contributed by atoms with Crippen molar-refractivity contribution in [3.8, 4) is 79.0 Å². The van der Waals surface area contributed by atoms with E-state index < -0.39 is 0 Å². The van der Waals surface area contributed by atoms with Crippen LogP contribution in [-0.4, -0.2) is 15.0 Å². The van der Waals surface area contributed by atoms with Crippen molar-refractivity contribution >= 4 is 10.8 Å². The van der Waals surface area contributed by atoms with E-state index in [0.29, 0.717) is 17.5 Å². The summed E-state index contributed by atoms with van der Waals surface area (Å²) in [6.45, 7) is 0. The lowest BCUT2D eigenvalue weighted by atomic mass is 9.90. The first-order valence-electron chi connectivity index (χ1n) is 15.7. The summed E-state index contributed by atoms with van der Waals surface area (Å²) < 4.78 is 6.51. The fraction of sp³-hybridized carbons (Fsp3) is 0. The Kier molecular flexibility index (Phi) is 6.43. The molecule has 0 N–H and O–H groups in total. The van der Waals surface area contributed by atoms with Crippen LogP contribution in [0.4, 0.5) is 0 Å². The van der Waals surface area contributed by atoms with Gasteiger partial charge in [0.05, 0.1) is 0 Å². The third-order valence-electron chi connectivity index (χ3n) is 8.75. The highest BCUT2D eigenvalue weighted by Gasteiger charge is 2.23. The number of fused-ring (bicyclic) bond motifs is 2. The maximum atomic E-state index is 6.51. The van der Waals surface area contributed by atoms with Crippen molar-refractivity contribution in [1.82, 2.24) is 15.0 Å². The molecule has 0 atom stereocenters. The molecule has 0 unspecified atom stereocenters. The highest BCUT2D eigenvalue weighted by Crippen LogP contribution is 2.49. The molecule has 7 aromatic carbocycles. The van der Waals surface area contributed by atoms with Crippen LogP contribution in [0.1, 0.15) is 0 Å². The fourth-order valence-corrected chi connectivity index (χ4v) is 6.43. The van der Waals surface area contributed by atoms with Gasteiger partial charge in [-0.05, 0) is 57.5 Å². The molecule has 0 saturated heterocycles. The Morgan fingerprint density at radius 3 is 1.51 bits per heavy atom. The van der Waals surface area contributed by atoms with Crippen molar-refractivity contribution in [2.45, 2.75) is 0 Å². The molecule has 8 aromatic rings. The summed E-state index contributed by atoms with van der Waals surface area (Å²) in [6.07, 6.45) is 0. The van der Waals surface area contributed by atoms with Crippen LogP contribution in [0.3, 0.4) is 0 Å². The smallest absolute Gasteiger partial charge is 0.164 e. The van der Waals surface area contributed by atoms with Gasteiger partial charge in [0.25, 0.3) is 0 Å². The Bertz CT molecular complexity index is 2410. The fourth-order valence-electron chi connectivity index (χ4n) is 6.43. The molecule has 0 amide bonds. The molecule has 0 spiro atoms. The average molecular weight is 602 g/mol. The summed E-state index contributed by atoms with van der Waals surface area (Å²) in [7, 11) is 0. The summed E-state index contributed by atoms with van der Waals surface area (Å²) in [5.74, 6) is 3.55. The zero-order chi connectivity index (χ0) is 31.2. The van der Waals surface area contributed by atoms with E-state index in [1.165, 1.54) is 16.7 Å². The van der Waals surface area contributed by atoms with Gasteiger partial charge < -0.3 is 4.74 Å². The number of rotatable bonds is 5. The summed E-state index contributed by atoms with van der Waals surface area (Å²) in [4.78, 5) is 15.0. The first-order valence-corrected chi connectivity index (χ1v) is 15.7. The van der Waals surface area contributed by atoms with Gasteiger partial charge in [0, 0.05) is 27.6 Å². The Morgan fingerprint density at radius 2 is 0.830 bits per heavy atom. The molecule has 4 nitrogen and oxygen atoms in total. The van der Waals surface area contributed by atoms with Gasteiger partial charge in [-0.25, -0.2) is 15.0 Å². The molecule has 2 heterocycles. The summed E-state index contributed by atoms with van der Waals surface area (Å²) in [5, 5.41) is 2.27. The lowest BCUT2D eigenvalue weighted by Gasteiger charge is -2.23. The quantitative estimate of drug-likeness (QED) is 0.197. The Hall–Kier alpha value is -6.39. The highest BCUT2D eigenvalue weighted by atomic mass is 16.5. The molecule has 1 aliphatic heterocycles. The lowest BCUT2D eigenvalue weighted by Crippen LogP contribution is -2.02. The predicted molar refractivity (Wildman–Crippen MR) is 190 cm³/mol. The monoisotopic (exact) mass is 601 g/mol. The molecule has 47 heavy (non-hydrogen) atoms. The van der Waals surface area contributed by atoms with Crippen LogP contribution in [0, 0.1) is 0 Å². The van der Waals surface area contributed by atoms with Gasteiger partial charge in [-0.2, -0.15) is 0 Å². The molecule has 4 heteroatoms. The van der Waals surface area contributed by atoms with Crippen molar-refractivity contribution in [1.29, 1.82) is 0 Å². The molecule has 0 radical (unpaired) electrons. The van der Waals surface area contributed by atoms with Gasteiger partial charge in [-0.15, -0.1) is 0 Å². The summed E-state index contributed by atoms with van der Waals surface area (Å²) >= 11 is 0. The molecular formula is C43H27N3O. The molecule has 1 aromatic heterocycles. The van der Waals surface area contributed by atoms with Gasteiger partial charge in [-0.3, -0.25) is 0 Å². The van der Waals surface area contributed by atoms with Crippen molar-refractivity contribution < 1.29 is 4.74 Å². The molecule has 220 valence electrons. The Balaban J connectivity index is 1.18. The van der Waals surface area contributed by atoms with Crippen molar-refractivity contribution in [3.63, 3.8) is 0 Å². The topological polar surface area (TPSA) is 47.9 Å². The third-order valence-corrected chi connectivity index (χ3v) is 8.75. The van der Waals surface area contributed by atoms with Gasteiger partial charge in [0.2, 0.25) is 0 Å². The number of aromatic nitrogens is 3. The molecule has 0 bridgehead atoms. The summed E-state index contributed by atoms with van der Waals surface area (Å²) in [5.41, 5.74) is 9.59. The highest BCUT2D eigenvalue weighted by molar-refractivity contribution is 6.10. The van der Waals surface area contributed by atoms with Crippen LogP contribution in [-0.2, 0) is 0 Å². The van der Waals surface area contributed by atoms with E-state index in [2.05, 4.69) is 109 Å². The second kappa shape index (κ2) is 11.2. The third kappa shape index (κ3) is 4.84. The second-order valence-electron chi connectivity index (χ2n) is 11.6. The van der Waals surface area contributed by atoms with Crippen LogP contribution in [0.5, 0.6) is 11.5 Å². The number of hydrogen-bond acceptors (Lipinski definition) is 4. The Morgan fingerprint density at radius 1 is 0.319 bits per heavy atom. The minimum atomic E-state index is 0.611. The van der Waals surface area contributed by atoms with E-state index in [1.54, 1.807) is 0 Å². The van der Waals surface area contributed by atoms with E-state index in [-0.39, 0.29) is 0 Å². The molecule has 0 aliphatic carbocycles. The maximum absolute atomic E-state index is 6.51. The lowest BCUT2D eigenvalue weighted by molar-refractivity contribution is 0.487. The summed E-state index contributed by atoms with van der Waals surface area (Å²) in [6, 6.07) is 56.3. The van der Waals surface area contributed by atoms with E-state index in [1.807, 2.05) is 54.6 Å². The van der Waals surface area contributed by atoms with Gasteiger partial charge in [-0.1, -0.05) is 140 Å². The van der Waals surface area contributed by atoms with Gasteiger partial charge >= 0.3 is 0 Å². The van der Waals surface area contributed by atoms with Crippen LogP contribution < -0.4 is 4.74 Å². The van der Waals surface area contributed by atoms with E-state index in [4.69, 9.17) is 19.7 Å². The molecule has 0 fully saturated rings. The number of hydrogen-bond donors (Lipinski definition) is 0. The Labute approximate surface area is 272 Å². The van der Waals surface area contributed by atoms with Gasteiger partial charge in [0.1, 0.15) is 11.5 Å². The van der Waals surface area contributed by atoms with E-state index in [9.17, 15) is 0 Å². The molecule has 1 aliphatic rings. The first kappa shape index (κ1) is 27.0. The second-order valence-corrected chi connectivity index (χ2v) is 11.6. The van der Waals surface area contributed by atoms with Crippen LogP contribution >= 0.6 is 0 Å². The normalized spacial score (nSPS) is 11.6. The van der Waals surface area contributed by atoms with Gasteiger partial charge in [0.15, 0.2) is 17.5 Å². The van der Waals surface area contributed by atoms with Crippen molar-refractivity contribution in [3.05, 3.63) is 164 Å².